The fourth-order valence-electron chi connectivity index (χ4n) is 2.57. The first-order chi connectivity index (χ1) is 13.2. The number of nitrogens with zero attached hydrogens (tertiary/aromatic N) is 3. The number of ether oxygens (including phenoxy) is 1. The van der Waals surface area contributed by atoms with Gasteiger partial charge in [-0.05, 0) is 49.6 Å². The summed E-state index contributed by atoms with van der Waals surface area (Å²) in [6.07, 6.45) is 0.761. The second-order valence-corrected chi connectivity index (χ2v) is 7.67. The average molecular weight is 403 g/mol. The van der Waals surface area contributed by atoms with Crippen LogP contribution < -0.4 is 10.1 Å². The quantitative estimate of drug-likeness (QED) is 0.546. The molecule has 8 heteroatoms. The molecule has 27 heavy (non-hydrogen) atoms. The van der Waals surface area contributed by atoms with Crippen molar-refractivity contribution < 1.29 is 9.53 Å². The summed E-state index contributed by atoms with van der Waals surface area (Å²) in [5, 5.41) is 14.3. The number of amides is 1. The molecule has 1 aromatic carbocycles. The van der Waals surface area contributed by atoms with Crippen molar-refractivity contribution in [2.24, 2.45) is 0 Å². The Labute approximate surface area is 167 Å². The fraction of sp³-hybridized carbons (Fsp3) is 0.316. The molecule has 2 aromatic heterocycles. The van der Waals surface area contributed by atoms with Gasteiger partial charge in [0, 0.05) is 23.5 Å². The van der Waals surface area contributed by atoms with Gasteiger partial charge in [0.25, 0.3) is 0 Å². The Morgan fingerprint density at radius 1 is 1.22 bits per heavy atom. The molecule has 2 heterocycles. The molecule has 0 spiro atoms. The van der Waals surface area contributed by atoms with Crippen LogP contribution >= 0.6 is 23.1 Å². The van der Waals surface area contributed by atoms with Crippen molar-refractivity contribution in [3.8, 4) is 5.75 Å². The van der Waals surface area contributed by atoms with Crippen molar-refractivity contribution in [3.63, 3.8) is 0 Å². The number of nitrogens with one attached hydrogen (secondary N) is 1. The Morgan fingerprint density at radius 3 is 2.70 bits per heavy atom. The van der Waals surface area contributed by atoms with Crippen molar-refractivity contribution in [2.45, 2.75) is 32.0 Å². The van der Waals surface area contributed by atoms with E-state index >= 15 is 0 Å². The van der Waals surface area contributed by atoms with Crippen molar-refractivity contribution in [1.29, 1.82) is 0 Å². The Balaban J connectivity index is 1.56. The van der Waals surface area contributed by atoms with Gasteiger partial charge in [0.05, 0.1) is 12.4 Å². The highest BCUT2D eigenvalue weighted by molar-refractivity contribution is 7.99. The van der Waals surface area contributed by atoms with Crippen LogP contribution in [0.4, 0.5) is 5.69 Å². The number of anilines is 1. The molecule has 0 saturated carbocycles. The van der Waals surface area contributed by atoms with Crippen LogP contribution in [0.3, 0.4) is 0 Å². The van der Waals surface area contributed by atoms with Gasteiger partial charge in [0.2, 0.25) is 5.91 Å². The molecule has 3 rings (SSSR count). The van der Waals surface area contributed by atoms with Crippen LogP contribution in [0.5, 0.6) is 5.75 Å². The largest absolute Gasteiger partial charge is 0.494 e. The molecule has 0 radical (unpaired) electrons. The summed E-state index contributed by atoms with van der Waals surface area (Å²) in [4.78, 5) is 13.5. The summed E-state index contributed by atoms with van der Waals surface area (Å²) in [6.45, 7) is 5.39. The number of thioether (sulfide) groups is 1. The smallest absolute Gasteiger partial charge is 0.234 e. The molecule has 0 bridgehead atoms. The first kappa shape index (κ1) is 19.4. The SMILES string of the molecule is CCOc1ccc(NC(=O)CSc2nnc(Cc3cccs3)n2CC)cc1. The van der Waals surface area contributed by atoms with Gasteiger partial charge in [-0.3, -0.25) is 4.79 Å². The molecule has 0 unspecified atom stereocenters. The lowest BCUT2D eigenvalue weighted by Crippen LogP contribution is -2.14. The summed E-state index contributed by atoms with van der Waals surface area (Å²) < 4.78 is 7.47. The van der Waals surface area contributed by atoms with Crippen LogP contribution in [0.25, 0.3) is 0 Å². The lowest BCUT2D eigenvalue weighted by molar-refractivity contribution is -0.113. The first-order valence-corrected chi connectivity index (χ1v) is 10.7. The number of aromatic nitrogens is 3. The molecule has 1 N–H and O–H groups in total. The van der Waals surface area contributed by atoms with Crippen LogP contribution in [0, 0.1) is 0 Å². The molecule has 0 fully saturated rings. The van der Waals surface area contributed by atoms with Crippen molar-refractivity contribution in [1.82, 2.24) is 14.8 Å². The third-order valence-corrected chi connectivity index (χ3v) is 5.65. The van der Waals surface area contributed by atoms with Crippen molar-refractivity contribution >= 4 is 34.7 Å². The molecule has 6 nitrogen and oxygen atoms in total. The molecule has 3 aromatic rings. The molecule has 142 valence electrons. The number of benzene rings is 1. The number of thiophene rings is 1. The van der Waals surface area contributed by atoms with Crippen molar-refractivity contribution in [2.75, 3.05) is 17.7 Å². The number of hydrogen-bond acceptors (Lipinski definition) is 6. The summed E-state index contributed by atoms with van der Waals surface area (Å²) in [6, 6.07) is 11.5. The normalized spacial score (nSPS) is 10.7. The van der Waals surface area contributed by atoms with E-state index in [1.165, 1.54) is 16.6 Å². The highest BCUT2D eigenvalue weighted by Crippen LogP contribution is 2.21. The van der Waals surface area contributed by atoms with Gasteiger partial charge in [0.15, 0.2) is 5.16 Å². The maximum absolute atomic E-state index is 12.2. The topological polar surface area (TPSA) is 69.0 Å². The predicted octanol–water partition coefficient (Wildman–Crippen LogP) is 4.08. The maximum Gasteiger partial charge on any atom is 0.234 e. The zero-order chi connectivity index (χ0) is 19.1. The highest BCUT2D eigenvalue weighted by atomic mass is 32.2. The molecule has 1 amide bonds. The van der Waals surface area contributed by atoms with E-state index in [1.807, 2.05) is 37.3 Å². The number of hydrogen-bond donors (Lipinski definition) is 1. The maximum atomic E-state index is 12.2. The van der Waals surface area contributed by atoms with E-state index in [0.717, 1.165) is 35.4 Å². The highest BCUT2D eigenvalue weighted by Gasteiger charge is 2.14. The van der Waals surface area contributed by atoms with E-state index in [1.54, 1.807) is 11.3 Å². The van der Waals surface area contributed by atoms with Gasteiger partial charge in [-0.15, -0.1) is 21.5 Å². The van der Waals surface area contributed by atoms with E-state index in [0.29, 0.717) is 6.61 Å². The van der Waals surface area contributed by atoms with Gasteiger partial charge in [-0.1, -0.05) is 17.8 Å². The minimum Gasteiger partial charge on any atom is -0.494 e. The van der Waals surface area contributed by atoms with E-state index < -0.39 is 0 Å². The summed E-state index contributed by atoms with van der Waals surface area (Å²) in [5.41, 5.74) is 0.749. The molecule has 0 aliphatic rings. The second-order valence-electron chi connectivity index (χ2n) is 5.69. The molecule has 0 saturated heterocycles. The summed E-state index contributed by atoms with van der Waals surface area (Å²) in [5.74, 6) is 1.92. The first-order valence-electron chi connectivity index (χ1n) is 8.79. The molecule has 0 aliphatic heterocycles. The molecule has 0 aliphatic carbocycles. The third kappa shape index (κ3) is 5.33. The van der Waals surface area contributed by atoms with Crippen LogP contribution in [-0.4, -0.2) is 33.0 Å². The van der Waals surface area contributed by atoms with E-state index in [9.17, 15) is 4.79 Å². The monoisotopic (exact) mass is 402 g/mol. The van der Waals surface area contributed by atoms with Crippen LogP contribution in [0.1, 0.15) is 24.5 Å². The minimum atomic E-state index is -0.0744. The van der Waals surface area contributed by atoms with Gasteiger partial charge in [0.1, 0.15) is 11.6 Å². The third-order valence-electron chi connectivity index (χ3n) is 3.80. The zero-order valence-electron chi connectivity index (χ0n) is 15.3. The van der Waals surface area contributed by atoms with Gasteiger partial charge < -0.3 is 14.6 Å². The Hall–Kier alpha value is -2.32. The number of carbonyl (C=O) groups excluding carboxylic acids is 1. The van der Waals surface area contributed by atoms with E-state index in [4.69, 9.17) is 4.74 Å². The van der Waals surface area contributed by atoms with Crippen molar-refractivity contribution in [3.05, 3.63) is 52.5 Å². The fourth-order valence-corrected chi connectivity index (χ4v) is 4.09. The molecule has 0 atom stereocenters. The van der Waals surface area contributed by atoms with Crippen LogP contribution in [-0.2, 0) is 17.8 Å². The number of rotatable bonds is 9. The second kappa shape index (κ2) is 9.57. The van der Waals surface area contributed by atoms with Crippen LogP contribution in [0.2, 0.25) is 0 Å². The van der Waals surface area contributed by atoms with Gasteiger partial charge in [-0.2, -0.15) is 0 Å². The predicted molar refractivity (Wildman–Crippen MR) is 110 cm³/mol. The lowest BCUT2D eigenvalue weighted by Gasteiger charge is -2.08. The molecular formula is C19H22N4O2S2. The standard InChI is InChI=1S/C19H22N4O2S2/c1-3-23-17(12-16-6-5-11-26-16)21-22-19(23)27-13-18(24)20-14-7-9-15(10-8-14)25-4-2/h5-11H,3-4,12-13H2,1-2H3,(H,20,24). The Bertz CT molecular complexity index is 860. The Kier molecular flexibility index (Phi) is 6.89. The number of carbonyl (C=O) groups is 1. The Morgan fingerprint density at radius 2 is 2.04 bits per heavy atom. The van der Waals surface area contributed by atoms with Gasteiger partial charge >= 0.3 is 0 Å². The summed E-state index contributed by atoms with van der Waals surface area (Å²) in [7, 11) is 0. The zero-order valence-corrected chi connectivity index (χ0v) is 17.0. The van der Waals surface area contributed by atoms with Gasteiger partial charge in [-0.25, -0.2) is 0 Å². The average Bonchev–Trinajstić information content (AvgIpc) is 3.32. The van der Waals surface area contributed by atoms with E-state index in [-0.39, 0.29) is 11.7 Å². The van der Waals surface area contributed by atoms with Crippen LogP contribution in [0.15, 0.2) is 46.9 Å². The summed E-state index contributed by atoms with van der Waals surface area (Å²) >= 11 is 3.11. The lowest BCUT2D eigenvalue weighted by atomic mass is 10.3. The molecular weight excluding hydrogens is 380 g/mol. The van der Waals surface area contributed by atoms with E-state index in [2.05, 4.69) is 38.5 Å². The minimum absolute atomic E-state index is 0.0744.